The number of rotatable bonds is 13. The highest BCUT2D eigenvalue weighted by molar-refractivity contribution is 7.89. The van der Waals surface area contributed by atoms with Crippen LogP contribution in [0.25, 0.3) is 10.9 Å². The second kappa shape index (κ2) is 15.3. The highest BCUT2D eigenvalue weighted by Crippen LogP contribution is 2.32. The Morgan fingerprint density at radius 3 is 1.96 bits per heavy atom. The first-order valence-electron chi connectivity index (χ1n) is 15.7. The van der Waals surface area contributed by atoms with Gasteiger partial charge in [0.25, 0.3) is 0 Å². The SMILES string of the molecule is COc1ccc(CN(Cc2ccc(OC)cc2)S(=O)(=O)c2cc(NC(=O)Cc3ccccc3Cl)cc3nn(Cc4ccc(Cl)cc4)cc23)cc1. The van der Waals surface area contributed by atoms with Crippen LogP contribution in [0.4, 0.5) is 5.69 Å². The van der Waals surface area contributed by atoms with Crippen molar-refractivity contribution in [3.63, 3.8) is 0 Å². The summed E-state index contributed by atoms with van der Waals surface area (Å²) in [6, 6.07) is 32.1. The van der Waals surface area contributed by atoms with Gasteiger partial charge in [-0.25, -0.2) is 8.42 Å². The molecule has 0 atom stereocenters. The maximum atomic E-state index is 14.9. The van der Waals surface area contributed by atoms with Crippen LogP contribution < -0.4 is 14.8 Å². The Morgan fingerprint density at radius 1 is 0.800 bits per heavy atom. The Bertz CT molecular complexity index is 2170. The van der Waals surface area contributed by atoms with Crippen LogP contribution in [-0.4, -0.2) is 42.6 Å². The lowest BCUT2D eigenvalue weighted by Crippen LogP contribution is -2.30. The Morgan fingerprint density at radius 2 is 1.38 bits per heavy atom. The van der Waals surface area contributed by atoms with Crippen molar-refractivity contribution >= 4 is 55.7 Å². The molecule has 0 aliphatic rings. The number of fused-ring (bicyclic) bond motifs is 1. The number of aromatic nitrogens is 2. The molecule has 0 radical (unpaired) electrons. The third kappa shape index (κ3) is 8.28. The fraction of sp³-hybridized carbons (Fsp3) is 0.158. The summed E-state index contributed by atoms with van der Waals surface area (Å²) in [4.78, 5) is 13.2. The number of nitrogens with zero attached hydrogens (tertiary/aromatic N) is 3. The molecule has 0 aliphatic carbocycles. The van der Waals surface area contributed by atoms with Gasteiger partial charge < -0.3 is 14.8 Å². The molecule has 0 fully saturated rings. The van der Waals surface area contributed by atoms with Crippen LogP contribution in [-0.2, 0) is 40.9 Å². The van der Waals surface area contributed by atoms with E-state index in [-0.39, 0.29) is 30.3 Å². The zero-order valence-electron chi connectivity index (χ0n) is 27.3. The van der Waals surface area contributed by atoms with Crippen LogP contribution >= 0.6 is 23.2 Å². The highest BCUT2D eigenvalue weighted by atomic mass is 35.5. The summed E-state index contributed by atoms with van der Waals surface area (Å²) in [5.41, 5.74) is 3.81. The number of sulfonamides is 1. The van der Waals surface area contributed by atoms with Crippen molar-refractivity contribution in [3.05, 3.63) is 148 Å². The molecule has 0 aliphatic heterocycles. The van der Waals surface area contributed by atoms with E-state index in [1.807, 2.05) is 36.4 Å². The lowest BCUT2D eigenvalue weighted by atomic mass is 10.1. The third-order valence-corrected chi connectivity index (χ3v) is 10.6. The summed E-state index contributed by atoms with van der Waals surface area (Å²) >= 11 is 12.4. The van der Waals surface area contributed by atoms with E-state index in [2.05, 4.69) is 5.32 Å². The number of carbonyl (C=O) groups excluding carboxylic acids is 1. The molecular formula is C38H34Cl2N4O5S. The lowest BCUT2D eigenvalue weighted by molar-refractivity contribution is -0.115. The quantitative estimate of drug-likeness (QED) is 0.129. The average Bonchev–Trinajstić information content (AvgIpc) is 3.52. The van der Waals surface area contributed by atoms with Crippen molar-refractivity contribution in [1.82, 2.24) is 14.1 Å². The van der Waals surface area contributed by atoms with Crippen molar-refractivity contribution in [2.75, 3.05) is 19.5 Å². The van der Waals surface area contributed by atoms with Gasteiger partial charge in [-0.3, -0.25) is 9.48 Å². The van der Waals surface area contributed by atoms with E-state index in [0.29, 0.717) is 50.2 Å². The minimum absolute atomic E-state index is 0.00582. The first-order chi connectivity index (χ1) is 24.1. The molecule has 6 rings (SSSR count). The molecule has 0 saturated heterocycles. The molecule has 0 spiro atoms. The van der Waals surface area contributed by atoms with Crippen molar-refractivity contribution in [3.8, 4) is 11.5 Å². The van der Waals surface area contributed by atoms with Gasteiger partial charge in [-0.1, -0.05) is 77.8 Å². The Labute approximate surface area is 301 Å². The van der Waals surface area contributed by atoms with E-state index in [0.717, 1.165) is 16.7 Å². The molecule has 50 heavy (non-hydrogen) atoms. The van der Waals surface area contributed by atoms with Gasteiger partial charge in [0.1, 0.15) is 11.5 Å². The van der Waals surface area contributed by atoms with Crippen LogP contribution in [0.3, 0.4) is 0 Å². The minimum atomic E-state index is -4.22. The summed E-state index contributed by atoms with van der Waals surface area (Å²) in [5.74, 6) is 0.969. The second-order valence-electron chi connectivity index (χ2n) is 11.6. The molecule has 5 aromatic carbocycles. The van der Waals surface area contributed by atoms with Gasteiger partial charge in [-0.2, -0.15) is 9.40 Å². The van der Waals surface area contributed by atoms with E-state index >= 15 is 0 Å². The van der Waals surface area contributed by atoms with E-state index in [4.69, 9.17) is 37.8 Å². The smallest absolute Gasteiger partial charge is 0.244 e. The van der Waals surface area contributed by atoms with Crippen molar-refractivity contribution in [2.45, 2.75) is 31.0 Å². The Kier molecular flexibility index (Phi) is 10.7. The number of hydrogen-bond donors (Lipinski definition) is 1. The molecule has 12 heteroatoms. The van der Waals surface area contributed by atoms with Gasteiger partial charge in [0.15, 0.2) is 0 Å². The van der Waals surface area contributed by atoms with Crippen LogP contribution in [0.2, 0.25) is 10.0 Å². The van der Waals surface area contributed by atoms with Crippen LogP contribution in [0.1, 0.15) is 22.3 Å². The molecule has 1 amide bonds. The van der Waals surface area contributed by atoms with Crippen LogP contribution in [0.15, 0.2) is 120 Å². The fourth-order valence-corrected chi connectivity index (χ4v) is 7.49. The minimum Gasteiger partial charge on any atom is -0.497 e. The van der Waals surface area contributed by atoms with Crippen molar-refractivity contribution in [1.29, 1.82) is 0 Å². The molecule has 0 unspecified atom stereocenters. The number of methoxy groups -OCH3 is 2. The molecule has 9 nitrogen and oxygen atoms in total. The number of nitrogens with one attached hydrogen (secondary N) is 1. The molecule has 6 aromatic rings. The Balaban J connectivity index is 1.42. The maximum Gasteiger partial charge on any atom is 0.244 e. The van der Waals surface area contributed by atoms with Gasteiger partial charge in [-0.05, 0) is 76.9 Å². The average molecular weight is 730 g/mol. The number of anilines is 1. The first-order valence-corrected chi connectivity index (χ1v) is 17.9. The first kappa shape index (κ1) is 35.0. The van der Waals surface area contributed by atoms with E-state index in [1.54, 1.807) is 91.8 Å². The monoisotopic (exact) mass is 728 g/mol. The summed E-state index contributed by atoms with van der Waals surface area (Å²) in [7, 11) is -1.06. The second-order valence-corrected chi connectivity index (χ2v) is 14.4. The number of carbonyl (C=O) groups is 1. The standard InChI is InChI=1S/C38H34Cl2N4O5S/c1-48-32-15-9-27(10-16-32)23-44(24-28-11-17-33(49-2)18-12-28)50(46,47)37-21-31(41-38(45)19-29-5-3-4-6-35(29)40)20-36-34(37)25-43(42-36)22-26-7-13-30(39)14-8-26/h3-18,20-21,25H,19,22-24H2,1-2H3,(H,41,45). The molecule has 0 saturated carbocycles. The molecule has 1 aromatic heterocycles. The maximum absolute atomic E-state index is 14.9. The summed E-state index contributed by atoms with van der Waals surface area (Å²) in [6.45, 7) is 0.519. The summed E-state index contributed by atoms with van der Waals surface area (Å²) in [6.07, 6.45) is 1.72. The zero-order chi connectivity index (χ0) is 35.3. The number of amides is 1. The predicted molar refractivity (Wildman–Crippen MR) is 196 cm³/mol. The van der Waals surface area contributed by atoms with Gasteiger partial charge in [0.2, 0.25) is 15.9 Å². The van der Waals surface area contributed by atoms with Crippen LogP contribution in [0.5, 0.6) is 11.5 Å². The normalized spacial score (nSPS) is 11.5. The Hall–Kier alpha value is -4.87. The van der Waals surface area contributed by atoms with E-state index in [1.165, 1.54) is 10.4 Å². The highest BCUT2D eigenvalue weighted by Gasteiger charge is 2.29. The van der Waals surface area contributed by atoms with Crippen LogP contribution in [0, 0.1) is 0 Å². The number of ether oxygens (including phenoxy) is 2. The fourth-order valence-electron chi connectivity index (χ4n) is 5.54. The lowest BCUT2D eigenvalue weighted by Gasteiger charge is -2.23. The predicted octanol–water partition coefficient (Wildman–Crippen LogP) is 7.98. The van der Waals surface area contributed by atoms with Gasteiger partial charge in [-0.15, -0.1) is 0 Å². The molecule has 256 valence electrons. The molecule has 1 heterocycles. The third-order valence-electron chi connectivity index (χ3n) is 8.14. The number of hydrogen-bond acceptors (Lipinski definition) is 6. The largest absolute Gasteiger partial charge is 0.497 e. The van der Waals surface area contributed by atoms with Gasteiger partial charge >= 0.3 is 0 Å². The zero-order valence-corrected chi connectivity index (χ0v) is 29.7. The van der Waals surface area contributed by atoms with E-state index in [9.17, 15) is 13.2 Å². The molecular weight excluding hydrogens is 695 g/mol. The summed E-state index contributed by atoms with van der Waals surface area (Å²) in [5, 5.41) is 9.11. The number of benzene rings is 5. The summed E-state index contributed by atoms with van der Waals surface area (Å²) < 4.78 is 43.5. The molecule has 1 N–H and O–H groups in total. The van der Waals surface area contributed by atoms with Gasteiger partial charge in [0.05, 0.1) is 37.6 Å². The van der Waals surface area contributed by atoms with Gasteiger partial charge in [0, 0.05) is 40.4 Å². The van der Waals surface area contributed by atoms with Crippen molar-refractivity contribution < 1.29 is 22.7 Å². The molecule has 0 bridgehead atoms. The van der Waals surface area contributed by atoms with Crippen molar-refractivity contribution in [2.24, 2.45) is 0 Å². The topological polar surface area (TPSA) is 103 Å². The number of halogens is 2. The van der Waals surface area contributed by atoms with E-state index < -0.39 is 10.0 Å².